The van der Waals surface area contributed by atoms with Gasteiger partial charge in [0.2, 0.25) is 5.91 Å². The first-order chi connectivity index (χ1) is 10.6. The Hall–Kier alpha value is -1.24. The Morgan fingerprint density at radius 1 is 1.30 bits per heavy atom. The number of piperidine rings is 1. The van der Waals surface area contributed by atoms with Gasteiger partial charge in [-0.15, -0.1) is 12.4 Å². The molecule has 1 saturated heterocycles. The van der Waals surface area contributed by atoms with E-state index in [9.17, 15) is 13.6 Å². The number of halogens is 3. The first kappa shape index (κ1) is 19.8. The van der Waals surface area contributed by atoms with E-state index in [4.69, 9.17) is 0 Å². The van der Waals surface area contributed by atoms with Gasteiger partial charge in [0.25, 0.3) is 0 Å². The zero-order valence-corrected chi connectivity index (χ0v) is 14.1. The van der Waals surface area contributed by atoms with Gasteiger partial charge in [0.05, 0.1) is 12.2 Å². The summed E-state index contributed by atoms with van der Waals surface area (Å²) in [5, 5.41) is 5.78. The van der Waals surface area contributed by atoms with Crippen molar-refractivity contribution in [2.24, 2.45) is 5.92 Å². The van der Waals surface area contributed by atoms with Crippen LogP contribution in [-0.4, -0.2) is 43.5 Å². The topological polar surface area (TPSA) is 44.4 Å². The highest BCUT2D eigenvalue weighted by Crippen LogP contribution is 2.17. The molecule has 23 heavy (non-hydrogen) atoms. The van der Waals surface area contributed by atoms with E-state index in [0.29, 0.717) is 5.92 Å². The highest BCUT2D eigenvalue weighted by molar-refractivity contribution is 5.92. The average Bonchev–Trinajstić information content (AvgIpc) is 2.50. The molecule has 1 heterocycles. The van der Waals surface area contributed by atoms with Gasteiger partial charge in [-0.25, -0.2) is 8.78 Å². The molecule has 0 saturated carbocycles. The van der Waals surface area contributed by atoms with Crippen LogP contribution in [0, 0.1) is 17.6 Å². The van der Waals surface area contributed by atoms with Crippen LogP contribution in [0.25, 0.3) is 0 Å². The largest absolute Gasteiger partial charge is 0.322 e. The van der Waals surface area contributed by atoms with Gasteiger partial charge in [-0.2, -0.15) is 0 Å². The van der Waals surface area contributed by atoms with Crippen LogP contribution in [-0.2, 0) is 4.79 Å². The van der Waals surface area contributed by atoms with Gasteiger partial charge < -0.3 is 10.6 Å². The van der Waals surface area contributed by atoms with Crippen molar-refractivity contribution in [1.82, 2.24) is 10.2 Å². The number of amides is 1. The summed E-state index contributed by atoms with van der Waals surface area (Å²) in [7, 11) is 0. The number of hydrogen-bond acceptors (Lipinski definition) is 3. The standard InChI is InChI=1S/C16H23F2N3O.ClH/c1-2-19-10-12-5-7-21(8-6-12)11-16(22)20-15-9-13(17)3-4-14(15)18;/h3-4,9,12,19H,2,5-8,10-11H2,1H3,(H,20,22);1H. The zero-order chi connectivity index (χ0) is 15.9. The van der Waals surface area contributed by atoms with Gasteiger partial charge in [0, 0.05) is 6.07 Å². The van der Waals surface area contributed by atoms with Gasteiger partial charge in [-0.1, -0.05) is 6.92 Å². The third kappa shape index (κ3) is 6.41. The van der Waals surface area contributed by atoms with Gasteiger partial charge in [0.15, 0.2) is 0 Å². The zero-order valence-electron chi connectivity index (χ0n) is 13.3. The number of benzene rings is 1. The lowest BCUT2D eigenvalue weighted by atomic mass is 9.97. The number of hydrogen-bond donors (Lipinski definition) is 2. The predicted molar refractivity (Wildman–Crippen MR) is 89.9 cm³/mol. The van der Waals surface area contributed by atoms with Crippen LogP contribution in [0.2, 0.25) is 0 Å². The second kappa shape index (κ2) is 9.80. The van der Waals surface area contributed by atoms with Crippen molar-refractivity contribution in [3.63, 3.8) is 0 Å². The monoisotopic (exact) mass is 347 g/mol. The summed E-state index contributed by atoms with van der Waals surface area (Å²) in [6.45, 7) is 6.01. The molecule has 1 aromatic carbocycles. The summed E-state index contributed by atoms with van der Waals surface area (Å²) < 4.78 is 26.5. The lowest BCUT2D eigenvalue weighted by Crippen LogP contribution is -2.41. The highest BCUT2D eigenvalue weighted by atomic mass is 35.5. The van der Waals surface area contributed by atoms with Crippen molar-refractivity contribution in [3.05, 3.63) is 29.8 Å². The number of carbonyl (C=O) groups excluding carboxylic acids is 1. The minimum Gasteiger partial charge on any atom is -0.322 e. The number of carbonyl (C=O) groups is 1. The molecule has 2 N–H and O–H groups in total. The molecule has 0 spiro atoms. The quantitative estimate of drug-likeness (QED) is 0.831. The van der Waals surface area contributed by atoms with Crippen LogP contribution in [0.3, 0.4) is 0 Å². The molecule has 0 atom stereocenters. The van der Waals surface area contributed by atoms with Crippen molar-refractivity contribution in [3.8, 4) is 0 Å². The van der Waals surface area contributed by atoms with Crippen LogP contribution in [0.15, 0.2) is 18.2 Å². The second-order valence-electron chi connectivity index (χ2n) is 5.70. The van der Waals surface area contributed by atoms with Crippen LogP contribution in [0.5, 0.6) is 0 Å². The molecule has 1 aliphatic heterocycles. The molecule has 2 rings (SSSR count). The second-order valence-corrected chi connectivity index (χ2v) is 5.70. The number of nitrogens with one attached hydrogen (secondary N) is 2. The van der Waals surface area contributed by atoms with Crippen LogP contribution >= 0.6 is 12.4 Å². The summed E-state index contributed by atoms with van der Waals surface area (Å²) >= 11 is 0. The molecule has 0 bridgehead atoms. The third-order valence-electron chi connectivity index (χ3n) is 3.96. The predicted octanol–water partition coefficient (Wildman–Crippen LogP) is 2.65. The number of likely N-dealkylation sites (tertiary alicyclic amines) is 1. The Labute approximate surface area is 142 Å². The summed E-state index contributed by atoms with van der Waals surface area (Å²) in [5.41, 5.74) is -0.105. The molecule has 7 heteroatoms. The summed E-state index contributed by atoms with van der Waals surface area (Å²) in [6.07, 6.45) is 2.10. The first-order valence-electron chi connectivity index (χ1n) is 7.76. The van der Waals surface area contributed by atoms with Crippen molar-refractivity contribution >= 4 is 24.0 Å². The maximum atomic E-state index is 13.5. The van der Waals surface area contributed by atoms with E-state index in [2.05, 4.69) is 22.5 Å². The minimum atomic E-state index is -0.626. The van der Waals surface area contributed by atoms with Gasteiger partial charge in [-0.3, -0.25) is 9.69 Å². The molecule has 1 amide bonds. The van der Waals surface area contributed by atoms with E-state index < -0.39 is 11.6 Å². The summed E-state index contributed by atoms with van der Waals surface area (Å²) in [4.78, 5) is 14.0. The molecule has 1 aliphatic rings. The first-order valence-corrected chi connectivity index (χ1v) is 7.76. The number of anilines is 1. The summed E-state index contributed by atoms with van der Waals surface area (Å²) in [5.74, 6) is -0.852. The highest BCUT2D eigenvalue weighted by Gasteiger charge is 2.20. The van der Waals surface area contributed by atoms with E-state index in [-0.39, 0.29) is 30.5 Å². The van der Waals surface area contributed by atoms with Crippen LogP contribution < -0.4 is 10.6 Å². The smallest absolute Gasteiger partial charge is 0.238 e. The molecule has 130 valence electrons. The van der Waals surface area contributed by atoms with Crippen LogP contribution in [0.1, 0.15) is 19.8 Å². The Kier molecular flexibility index (Phi) is 8.44. The van der Waals surface area contributed by atoms with E-state index in [0.717, 1.165) is 57.2 Å². The van der Waals surface area contributed by atoms with E-state index in [1.54, 1.807) is 0 Å². The Morgan fingerprint density at radius 2 is 2.00 bits per heavy atom. The van der Waals surface area contributed by atoms with E-state index in [1.807, 2.05) is 0 Å². The average molecular weight is 348 g/mol. The van der Waals surface area contributed by atoms with Crippen molar-refractivity contribution < 1.29 is 13.6 Å². The Bertz CT molecular complexity index is 508. The molecule has 0 aliphatic carbocycles. The molecular weight excluding hydrogens is 324 g/mol. The lowest BCUT2D eigenvalue weighted by Gasteiger charge is -2.31. The molecule has 0 aromatic heterocycles. The normalized spacial score (nSPS) is 16.0. The molecular formula is C16H24ClF2N3O. The molecule has 0 unspecified atom stereocenters. The fourth-order valence-electron chi connectivity index (χ4n) is 2.68. The van der Waals surface area contributed by atoms with Gasteiger partial charge in [0.1, 0.15) is 11.6 Å². The fourth-order valence-corrected chi connectivity index (χ4v) is 2.68. The van der Waals surface area contributed by atoms with Crippen molar-refractivity contribution in [2.45, 2.75) is 19.8 Å². The Balaban J connectivity index is 0.00000264. The molecule has 0 radical (unpaired) electrons. The molecule has 4 nitrogen and oxygen atoms in total. The summed E-state index contributed by atoms with van der Waals surface area (Å²) in [6, 6.07) is 3.03. The van der Waals surface area contributed by atoms with E-state index in [1.165, 1.54) is 0 Å². The van der Waals surface area contributed by atoms with E-state index >= 15 is 0 Å². The molecule has 1 aromatic rings. The molecule has 1 fully saturated rings. The van der Waals surface area contributed by atoms with Crippen LogP contribution in [0.4, 0.5) is 14.5 Å². The van der Waals surface area contributed by atoms with Crippen molar-refractivity contribution in [2.75, 3.05) is 38.0 Å². The third-order valence-corrected chi connectivity index (χ3v) is 3.96. The number of nitrogens with zero attached hydrogens (tertiary/aromatic N) is 1. The fraction of sp³-hybridized carbons (Fsp3) is 0.562. The minimum absolute atomic E-state index is 0. The van der Waals surface area contributed by atoms with Gasteiger partial charge >= 0.3 is 0 Å². The number of rotatable bonds is 6. The van der Waals surface area contributed by atoms with Crippen molar-refractivity contribution in [1.29, 1.82) is 0 Å². The maximum absolute atomic E-state index is 13.5. The lowest BCUT2D eigenvalue weighted by molar-refractivity contribution is -0.117. The SMILES string of the molecule is CCNCC1CCN(CC(=O)Nc2cc(F)ccc2F)CC1.Cl. The maximum Gasteiger partial charge on any atom is 0.238 e. The van der Waals surface area contributed by atoms with Gasteiger partial charge in [-0.05, 0) is 57.1 Å². The Morgan fingerprint density at radius 3 is 2.65 bits per heavy atom.